The highest BCUT2D eigenvalue weighted by molar-refractivity contribution is 6.21. The molecular weight excluding hydrogens is 484 g/mol. The molecule has 0 N–H and O–H groups in total. The second-order valence-corrected chi connectivity index (χ2v) is 10.6. The van der Waals surface area contributed by atoms with E-state index < -0.39 is 0 Å². The SMILES string of the molecule is Cc1ccc(-c2c3ccccc3c(-c3cccc(-c4cccc5c4oc4ccccc45)c3)c3ccccc23)cc1. The van der Waals surface area contributed by atoms with E-state index in [0.717, 1.165) is 33.1 Å². The van der Waals surface area contributed by atoms with E-state index in [2.05, 4.69) is 134 Å². The lowest BCUT2D eigenvalue weighted by Crippen LogP contribution is -1.91. The maximum Gasteiger partial charge on any atom is 0.143 e. The van der Waals surface area contributed by atoms with E-state index in [1.807, 2.05) is 12.1 Å². The van der Waals surface area contributed by atoms with E-state index in [-0.39, 0.29) is 0 Å². The standard InChI is InChI=1S/C39H26O/c1-25-20-22-26(23-21-25)37-31-13-2-4-15-33(31)38(34-16-5-3-14-32(34)37)28-11-8-10-27(24-28)29-17-9-18-35-30-12-6-7-19-36(30)40-39(29)35/h2-24H,1H3. The summed E-state index contributed by atoms with van der Waals surface area (Å²) in [4.78, 5) is 0. The molecule has 0 aliphatic rings. The third-order valence-corrected chi connectivity index (χ3v) is 8.14. The fourth-order valence-corrected chi connectivity index (χ4v) is 6.29. The number of hydrogen-bond donors (Lipinski definition) is 0. The van der Waals surface area contributed by atoms with E-state index in [9.17, 15) is 0 Å². The molecule has 188 valence electrons. The van der Waals surface area contributed by atoms with Gasteiger partial charge in [0.2, 0.25) is 0 Å². The average Bonchev–Trinajstić information content (AvgIpc) is 3.39. The summed E-state index contributed by atoms with van der Waals surface area (Å²) in [5.74, 6) is 0. The maximum atomic E-state index is 6.40. The van der Waals surface area contributed by atoms with Gasteiger partial charge in [0.25, 0.3) is 0 Å². The first kappa shape index (κ1) is 22.8. The Labute approximate surface area is 232 Å². The fourth-order valence-electron chi connectivity index (χ4n) is 6.29. The van der Waals surface area contributed by atoms with Crippen LogP contribution < -0.4 is 0 Å². The first-order valence-corrected chi connectivity index (χ1v) is 13.8. The molecule has 1 heteroatoms. The Morgan fingerprint density at radius 2 is 0.925 bits per heavy atom. The van der Waals surface area contributed by atoms with Crippen LogP contribution >= 0.6 is 0 Å². The molecular formula is C39H26O. The van der Waals surface area contributed by atoms with Crippen molar-refractivity contribution in [2.24, 2.45) is 0 Å². The third-order valence-electron chi connectivity index (χ3n) is 8.14. The second-order valence-electron chi connectivity index (χ2n) is 10.6. The van der Waals surface area contributed by atoms with Gasteiger partial charge in [0.05, 0.1) is 0 Å². The summed E-state index contributed by atoms with van der Waals surface area (Å²) in [6.07, 6.45) is 0. The maximum absolute atomic E-state index is 6.40. The molecule has 8 rings (SSSR count). The summed E-state index contributed by atoms with van der Waals surface area (Å²) < 4.78 is 6.40. The number of para-hydroxylation sites is 2. The Hall–Kier alpha value is -5.14. The average molecular weight is 511 g/mol. The molecule has 0 aliphatic carbocycles. The topological polar surface area (TPSA) is 13.1 Å². The van der Waals surface area contributed by atoms with Gasteiger partial charge in [-0.1, -0.05) is 133 Å². The molecule has 0 unspecified atom stereocenters. The van der Waals surface area contributed by atoms with Gasteiger partial charge in [-0.2, -0.15) is 0 Å². The molecule has 0 spiro atoms. The number of aryl methyl sites for hydroxylation is 1. The zero-order chi connectivity index (χ0) is 26.6. The van der Waals surface area contributed by atoms with Crippen LogP contribution in [-0.2, 0) is 0 Å². The van der Waals surface area contributed by atoms with Crippen LogP contribution in [0, 0.1) is 6.92 Å². The number of benzene rings is 7. The highest BCUT2D eigenvalue weighted by Crippen LogP contribution is 2.44. The van der Waals surface area contributed by atoms with Gasteiger partial charge < -0.3 is 4.42 Å². The minimum atomic E-state index is 0.921. The molecule has 0 aliphatic heterocycles. The molecule has 8 aromatic rings. The summed E-state index contributed by atoms with van der Waals surface area (Å²) >= 11 is 0. The van der Waals surface area contributed by atoms with Gasteiger partial charge in [-0.15, -0.1) is 0 Å². The van der Waals surface area contributed by atoms with Crippen LogP contribution in [0.3, 0.4) is 0 Å². The van der Waals surface area contributed by atoms with Gasteiger partial charge in [-0.3, -0.25) is 0 Å². The van der Waals surface area contributed by atoms with Crippen molar-refractivity contribution >= 4 is 43.5 Å². The Kier molecular flexibility index (Phi) is 5.11. The Morgan fingerprint density at radius 1 is 0.400 bits per heavy atom. The van der Waals surface area contributed by atoms with Crippen molar-refractivity contribution in [3.8, 4) is 33.4 Å². The quantitative estimate of drug-likeness (QED) is 0.215. The molecule has 0 amide bonds. The summed E-state index contributed by atoms with van der Waals surface area (Å²) in [6.45, 7) is 2.14. The van der Waals surface area contributed by atoms with Crippen molar-refractivity contribution in [1.29, 1.82) is 0 Å². The molecule has 0 radical (unpaired) electrons. The molecule has 1 aromatic heterocycles. The molecule has 1 heterocycles. The van der Waals surface area contributed by atoms with E-state index in [4.69, 9.17) is 4.42 Å². The molecule has 0 atom stereocenters. The lowest BCUT2D eigenvalue weighted by Gasteiger charge is -2.18. The highest BCUT2D eigenvalue weighted by Gasteiger charge is 2.18. The summed E-state index contributed by atoms with van der Waals surface area (Å²) in [5.41, 5.74) is 10.4. The molecule has 7 aromatic carbocycles. The monoisotopic (exact) mass is 510 g/mol. The summed E-state index contributed by atoms with van der Waals surface area (Å²) in [6, 6.07) is 50.2. The lowest BCUT2D eigenvalue weighted by atomic mass is 9.85. The number of rotatable bonds is 3. The van der Waals surface area contributed by atoms with Crippen LogP contribution in [0.4, 0.5) is 0 Å². The van der Waals surface area contributed by atoms with Gasteiger partial charge in [0.1, 0.15) is 11.2 Å². The van der Waals surface area contributed by atoms with Crippen LogP contribution in [0.25, 0.3) is 76.9 Å². The number of hydrogen-bond acceptors (Lipinski definition) is 1. The first-order valence-electron chi connectivity index (χ1n) is 13.8. The first-order chi connectivity index (χ1) is 19.8. The predicted molar refractivity (Wildman–Crippen MR) is 170 cm³/mol. The molecule has 40 heavy (non-hydrogen) atoms. The van der Waals surface area contributed by atoms with Crippen molar-refractivity contribution < 1.29 is 4.42 Å². The molecule has 0 saturated heterocycles. The van der Waals surface area contributed by atoms with Gasteiger partial charge >= 0.3 is 0 Å². The summed E-state index contributed by atoms with van der Waals surface area (Å²) in [7, 11) is 0. The lowest BCUT2D eigenvalue weighted by molar-refractivity contribution is 0.670. The van der Waals surface area contributed by atoms with E-state index in [1.165, 1.54) is 49.4 Å². The van der Waals surface area contributed by atoms with Crippen LogP contribution in [-0.4, -0.2) is 0 Å². The molecule has 1 nitrogen and oxygen atoms in total. The van der Waals surface area contributed by atoms with Gasteiger partial charge in [0.15, 0.2) is 0 Å². The van der Waals surface area contributed by atoms with Crippen molar-refractivity contribution in [2.45, 2.75) is 6.92 Å². The van der Waals surface area contributed by atoms with Crippen LogP contribution in [0.15, 0.2) is 144 Å². The Morgan fingerprint density at radius 3 is 1.60 bits per heavy atom. The van der Waals surface area contributed by atoms with Gasteiger partial charge in [-0.25, -0.2) is 0 Å². The Bertz CT molecular complexity index is 2160. The van der Waals surface area contributed by atoms with Crippen molar-refractivity contribution in [3.63, 3.8) is 0 Å². The van der Waals surface area contributed by atoms with Crippen LogP contribution in [0.5, 0.6) is 0 Å². The van der Waals surface area contributed by atoms with Crippen LogP contribution in [0.2, 0.25) is 0 Å². The zero-order valence-corrected chi connectivity index (χ0v) is 22.2. The molecule has 0 fully saturated rings. The van der Waals surface area contributed by atoms with Crippen LogP contribution in [0.1, 0.15) is 5.56 Å². The highest BCUT2D eigenvalue weighted by atomic mass is 16.3. The smallest absolute Gasteiger partial charge is 0.143 e. The predicted octanol–water partition coefficient (Wildman–Crippen LogP) is 11.2. The van der Waals surface area contributed by atoms with Crippen molar-refractivity contribution in [2.75, 3.05) is 0 Å². The largest absolute Gasteiger partial charge is 0.455 e. The minimum Gasteiger partial charge on any atom is -0.455 e. The van der Waals surface area contributed by atoms with E-state index >= 15 is 0 Å². The normalized spacial score (nSPS) is 11.6. The van der Waals surface area contributed by atoms with Crippen molar-refractivity contribution in [1.82, 2.24) is 0 Å². The fraction of sp³-hybridized carbons (Fsp3) is 0.0256. The van der Waals surface area contributed by atoms with Gasteiger partial charge in [0, 0.05) is 16.3 Å². The third kappa shape index (κ3) is 3.48. The number of furan rings is 1. The Balaban J connectivity index is 1.41. The van der Waals surface area contributed by atoms with E-state index in [0.29, 0.717) is 0 Å². The van der Waals surface area contributed by atoms with Gasteiger partial charge in [-0.05, 0) is 68.4 Å². The zero-order valence-electron chi connectivity index (χ0n) is 22.2. The number of fused-ring (bicyclic) bond motifs is 5. The van der Waals surface area contributed by atoms with Crippen molar-refractivity contribution in [3.05, 3.63) is 145 Å². The van der Waals surface area contributed by atoms with E-state index in [1.54, 1.807) is 0 Å². The minimum absolute atomic E-state index is 0.921. The summed E-state index contributed by atoms with van der Waals surface area (Å²) in [5, 5.41) is 7.36. The molecule has 0 bridgehead atoms. The second kappa shape index (κ2) is 8.97. The molecule has 0 saturated carbocycles.